The number of halogens is 2. The molecule has 150 valence electrons. The van der Waals surface area contributed by atoms with Crippen LogP contribution in [0.2, 0.25) is 10.0 Å². The number of anilines is 3. The summed E-state index contributed by atoms with van der Waals surface area (Å²) in [5.74, 6) is 1.23. The first-order chi connectivity index (χ1) is 14.2. The minimum absolute atomic E-state index is 0.402. The van der Waals surface area contributed by atoms with Crippen LogP contribution in [0, 0.1) is 0 Å². The molecule has 1 saturated carbocycles. The molecule has 1 aliphatic carbocycles. The highest BCUT2D eigenvalue weighted by atomic mass is 35.5. The molecule has 3 N–H and O–H groups in total. The van der Waals surface area contributed by atoms with Crippen LogP contribution in [-0.4, -0.2) is 21.0 Å². The van der Waals surface area contributed by atoms with Crippen LogP contribution in [0.1, 0.15) is 32.1 Å². The lowest BCUT2D eigenvalue weighted by molar-refractivity contribution is 0.461. The summed E-state index contributed by atoms with van der Waals surface area (Å²) in [7, 11) is 0. The van der Waals surface area contributed by atoms with E-state index >= 15 is 0 Å². The number of hydrazine groups is 1. The second-order valence-electron chi connectivity index (χ2n) is 7.06. The second kappa shape index (κ2) is 9.29. The maximum absolute atomic E-state index is 6.24. The molecule has 0 atom stereocenters. The Kier molecular flexibility index (Phi) is 6.32. The van der Waals surface area contributed by atoms with Crippen LogP contribution >= 0.6 is 23.2 Å². The Morgan fingerprint density at radius 3 is 2.55 bits per heavy atom. The van der Waals surface area contributed by atoms with Crippen molar-refractivity contribution < 1.29 is 0 Å². The number of nitrogens with one attached hydrogen (secondary N) is 3. The van der Waals surface area contributed by atoms with Crippen molar-refractivity contribution in [2.75, 3.05) is 16.2 Å². The fourth-order valence-electron chi connectivity index (χ4n) is 3.39. The number of benzene rings is 1. The molecule has 0 amide bonds. The van der Waals surface area contributed by atoms with Gasteiger partial charge in [0.1, 0.15) is 0 Å². The molecule has 0 unspecified atom stereocenters. The minimum atomic E-state index is 0.402. The lowest BCUT2D eigenvalue weighted by atomic mass is 9.96. The molecule has 4 rings (SSSR count). The minimum Gasteiger partial charge on any atom is -0.351 e. The Morgan fingerprint density at radius 2 is 1.79 bits per heavy atom. The van der Waals surface area contributed by atoms with Crippen LogP contribution in [0.4, 0.5) is 17.5 Å². The van der Waals surface area contributed by atoms with E-state index in [1.54, 1.807) is 24.5 Å². The van der Waals surface area contributed by atoms with Crippen molar-refractivity contribution >= 4 is 40.7 Å². The molecule has 6 nitrogen and oxygen atoms in total. The fraction of sp³-hybridized carbons (Fsp3) is 0.286. The lowest BCUT2D eigenvalue weighted by Gasteiger charge is -2.23. The highest BCUT2D eigenvalue weighted by Crippen LogP contribution is 2.27. The third kappa shape index (κ3) is 5.28. The van der Waals surface area contributed by atoms with Crippen LogP contribution in [0.25, 0.3) is 11.3 Å². The first-order valence-corrected chi connectivity index (χ1v) is 10.5. The standard InChI is InChI=1S/C21H22Cl2N6/c22-15-8-9-18(17(23)11-15)28-29-20-12-19(14-5-4-10-24-13-14)26-21(27-20)25-16-6-2-1-3-7-16/h4-5,8-13,16,28H,1-3,6-7H2,(H2,25,26,27,29). The van der Waals surface area contributed by atoms with Crippen molar-refractivity contribution in [3.05, 3.63) is 58.8 Å². The van der Waals surface area contributed by atoms with Gasteiger partial charge in [0, 0.05) is 35.1 Å². The lowest BCUT2D eigenvalue weighted by Crippen LogP contribution is -2.24. The van der Waals surface area contributed by atoms with E-state index in [1.807, 2.05) is 24.3 Å². The summed E-state index contributed by atoms with van der Waals surface area (Å²) in [5.41, 5.74) is 8.63. The normalized spacial score (nSPS) is 14.4. The van der Waals surface area contributed by atoms with Gasteiger partial charge in [-0.1, -0.05) is 42.5 Å². The molecule has 0 radical (unpaired) electrons. The highest BCUT2D eigenvalue weighted by Gasteiger charge is 2.15. The van der Waals surface area contributed by atoms with E-state index in [0.717, 1.165) is 24.1 Å². The van der Waals surface area contributed by atoms with Gasteiger partial charge in [-0.15, -0.1) is 0 Å². The predicted octanol–water partition coefficient (Wildman–Crippen LogP) is 6.03. The van der Waals surface area contributed by atoms with Gasteiger partial charge in [-0.2, -0.15) is 4.98 Å². The molecular weight excluding hydrogens is 407 g/mol. The average molecular weight is 429 g/mol. The van der Waals surface area contributed by atoms with Crippen molar-refractivity contribution in [2.24, 2.45) is 0 Å². The van der Waals surface area contributed by atoms with Crippen molar-refractivity contribution in [1.82, 2.24) is 15.0 Å². The van der Waals surface area contributed by atoms with Gasteiger partial charge in [0.2, 0.25) is 5.95 Å². The van der Waals surface area contributed by atoms with Crippen molar-refractivity contribution in [2.45, 2.75) is 38.1 Å². The van der Waals surface area contributed by atoms with Crippen molar-refractivity contribution in [3.8, 4) is 11.3 Å². The van der Waals surface area contributed by atoms with E-state index in [9.17, 15) is 0 Å². The van der Waals surface area contributed by atoms with Gasteiger partial charge in [0.25, 0.3) is 0 Å². The number of rotatable bonds is 6. The predicted molar refractivity (Wildman–Crippen MR) is 119 cm³/mol. The number of pyridine rings is 1. The molecular formula is C21H22Cl2N6. The smallest absolute Gasteiger partial charge is 0.225 e. The third-order valence-corrected chi connectivity index (χ3v) is 5.43. The summed E-state index contributed by atoms with van der Waals surface area (Å²) < 4.78 is 0. The van der Waals surface area contributed by atoms with E-state index in [4.69, 9.17) is 28.2 Å². The molecule has 0 aliphatic heterocycles. The second-order valence-corrected chi connectivity index (χ2v) is 7.90. The van der Waals surface area contributed by atoms with Crippen LogP contribution in [-0.2, 0) is 0 Å². The first-order valence-electron chi connectivity index (χ1n) is 9.70. The molecule has 2 aromatic heterocycles. The topological polar surface area (TPSA) is 74.8 Å². The Bertz CT molecular complexity index is 961. The van der Waals surface area contributed by atoms with Gasteiger partial charge in [-0.3, -0.25) is 15.8 Å². The molecule has 1 fully saturated rings. The zero-order chi connectivity index (χ0) is 20.1. The summed E-state index contributed by atoms with van der Waals surface area (Å²) in [6.07, 6.45) is 9.59. The third-order valence-electron chi connectivity index (χ3n) is 4.88. The number of nitrogens with zero attached hydrogens (tertiary/aromatic N) is 3. The number of aromatic nitrogens is 3. The molecule has 0 spiro atoms. The van der Waals surface area contributed by atoms with Gasteiger partial charge < -0.3 is 5.32 Å². The summed E-state index contributed by atoms with van der Waals surface area (Å²) in [6.45, 7) is 0. The Balaban J connectivity index is 1.58. The zero-order valence-corrected chi connectivity index (χ0v) is 17.3. The fourth-order valence-corrected chi connectivity index (χ4v) is 3.85. The average Bonchev–Trinajstić information content (AvgIpc) is 2.74. The number of hydrogen-bond donors (Lipinski definition) is 3. The molecule has 1 aliphatic rings. The molecule has 2 heterocycles. The van der Waals surface area contributed by atoms with E-state index in [1.165, 1.54) is 19.3 Å². The molecule has 29 heavy (non-hydrogen) atoms. The molecule has 0 saturated heterocycles. The quantitative estimate of drug-likeness (QED) is 0.416. The van der Waals surface area contributed by atoms with E-state index in [2.05, 4.69) is 26.1 Å². The SMILES string of the molecule is Clc1ccc(NNc2cc(-c3cccnc3)nc(NC3CCCCC3)n2)c(Cl)c1. The van der Waals surface area contributed by atoms with Gasteiger partial charge >= 0.3 is 0 Å². The Labute approximate surface area is 180 Å². The molecule has 3 aromatic rings. The largest absolute Gasteiger partial charge is 0.351 e. The van der Waals surface area contributed by atoms with Crippen molar-refractivity contribution in [1.29, 1.82) is 0 Å². The first kappa shape index (κ1) is 19.7. The maximum atomic E-state index is 6.24. The molecule has 0 bridgehead atoms. The van der Waals surface area contributed by atoms with Crippen molar-refractivity contribution in [3.63, 3.8) is 0 Å². The summed E-state index contributed by atoms with van der Waals surface area (Å²) in [6, 6.07) is 11.4. The van der Waals surface area contributed by atoms with E-state index in [0.29, 0.717) is 33.5 Å². The van der Waals surface area contributed by atoms with Gasteiger partial charge in [0.05, 0.1) is 16.4 Å². The molecule has 1 aromatic carbocycles. The monoisotopic (exact) mass is 428 g/mol. The summed E-state index contributed by atoms with van der Waals surface area (Å²) in [4.78, 5) is 13.5. The van der Waals surface area contributed by atoms with Gasteiger partial charge in [0.15, 0.2) is 5.82 Å². The van der Waals surface area contributed by atoms with Gasteiger partial charge in [-0.05, 0) is 43.2 Å². The van der Waals surface area contributed by atoms with Gasteiger partial charge in [-0.25, -0.2) is 4.98 Å². The summed E-state index contributed by atoms with van der Waals surface area (Å²) in [5, 5.41) is 4.60. The van der Waals surface area contributed by atoms with Crippen LogP contribution in [0.3, 0.4) is 0 Å². The van der Waals surface area contributed by atoms with Crippen LogP contribution in [0.15, 0.2) is 48.8 Å². The Morgan fingerprint density at radius 1 is 0.931 bits per heavy atom. The zero-order valence-electron chi connectivity index (χ0n) is 15.8. The number of hydrogen-bond acceptors (Lipinski definition) is 6. The summed E-state index contributed by atoms with van der Waals surface area (Å²) >= 11 is 12.2. The van der Waals surface area contributed by atoms with E-state index in [-0.39, 0.29) is 0 Å². The molecule has 8 heteroatoms. The van der Waals surface area contributed by atoms with E-state index < -0.39 is 0 Å². The Hall–Kier alpha value is -2.57. The highest BCUT2D eigenvalue weighted by molar-refractivity contribution is 6.36. The maximum Gasteiger partial charge on any atom is 0.225 e. The van der Waals surface area contributed by atoms with Crippen LogP contribution < -0.4 is 16.2 Å². The van der Waals surface area contributed by atoms with Crippen LogP contribution in [0.5, 0.6) is 0 Å².